The van der Waals surface area contributed by atoms with Gasteiger partial charge in [-0.1, -0.05) is 0 Å². The van der Waals surface area contributed by atoms with Crippen molar-refractivity contribution in [2.45, 2.75) is 19.8 Å². The van der Waals surface area contributed by atoms with E-state index in [4.69, 9.17) is 0 Å². The van der Waals surface area contributed by atoms with Crippen molar-refractivity contribution in [3.8, 4) is 0 Å². The first-order chi connectivity index (χ1) is 10.9. The summed E-state index contributed by atoms with van der Waals surface area (Å²) in [5, 5.41) is 2.82. The van der Waals surface area contributed by atoms with Gasteiger partial charge < -0.3 is 10.2 Å². The summed E-state index contributed by atoms with van der Waals surface area (Å²) < 4.78 is 22.8. The molecule has 0 aromatic heterocycles. The predicted octanol–water partition coefficient (Wildman–Crippen LogP) is 0.760. The fourth-order valence-corrected chi connectivity index (χ4v) is 5.10. The van der Waals surface area contributed by atoms with E-state index in [0.717, 1.165) is 17.7 Å². The Labute approximate surface area is 135 Å². The van der Waals surface area contributed by atoms with Crippen LogP contribution in [0.25, 0.3) is 0 Å². The zero-order valence-corrected chi connectivity index (χ0v) is 13.9. The Morgan fingerprint density at radius 2 is 2.13 bits per heavy atom. The molecule has 0 bridgehead atoms. The van der Waals surface area contributed by atoms with E-state index in [1.165, 1.54) is 6.92 Å². The van der Waals surface area contributed by atoms with Gasteiger partial charge in [0.15, 0.2) is 9.84 Å². The summed E-state index contributed by atoms with van der Waals surface area (Å²) >= 11 is 0. The topological polar surface area (TPSA) is 83.6 Å². The van der Waals surface area contributed by atoms with Gasteiger partial charge in [-0.25, -0.2) is 8.42 Å². The van der Waals surface area contributed by atoms with E-state index in [1.54, 1.807) is 17.0 Å². The van der Waals surface area contributed by atoms with E-state index < -0.39 is 9.84 Å². The molecule has 2 amide bonds. The van der Waals surface area contributed by atoms with Crippen molar-refractivity contribution in [2.24, 2.45) is 5.92 Å². The Morgan fingerprint density at radius 3 is 2.78 bits per heavy atom. The van der Waals surface area contributed by atoms with Crippen LogP contribution in [0.4, 0.5) is 5.69 Å². The first-order valence-corrected chi connectivity index (χ1v) is 9.57. The highest BCUT2D eigenvalue weighted by molar-refractivity contribution is 7.91. The molecule has 23 heavy (non-hydrogen) atoms. The van der Waals surface area contributed by atoms with E-state index >= 15 is 0 Å². The van der Waals surface area contributed by atoms with Crippen molar-refractivity contribution in [1.29, 1.82) is 0 Å². The first kappa shape index (κ1) is 16.0. The minimum absolute atomic E-state index is 0.00314. The first-order valence-electron chi connectivity index (χ1n) is 7.75. The van der Waals surface area contributed by atoms with Gasteiger partial charge >= 0.3 is 0 Å². The summed E-state index contributed by atoms with van der Waals surface area (Å²) in [5.74, 6) is 0.187. The SMILES string of the molecule is CC(=O)N1CCc2cc(C(=O)NC[C@H]3CCS(=O)(=O)C3)ccc21. The van der Waals surface area contributed by atoms with Gasteiger partial charge in [0.2, 0.25) is 5.91 Å². The largest absolute Gasteiger partial charge is 0.352 e. The third-order valence-corrected chi connectivity index (χ3v) is 6.33. The number of hydrogen-bond acceptors (Lipinski definition) is 4. The lowest BCUT2D eigenvalue weighted by molar-refractivity contribution is -0.116. The van der Waals surface area contributed by atoms with Crippen LogP contribution in [0.15, 0.2) is 18.2 Å². The van der Waals surface area contributed by atoms with Crippen LogP contribution in [0, 0.1) is 5.92 Å². The van der Waals surface area contributed by atoms with Gasteiger partial charge in [0.25, 0.3) is 5.91 Å². The highest BCUT2D eigenvalue weighted by atomic mass is 32.2. The molecule has 1 N–H and O–H groups in total. The lowest BCUT2D eigenvalue weighted by Gasteiger charge is -2.15. The predicted molar refractivity (Wildman–Crippen MR) is 87.3 cm³/mol. The Morgan fingerprint density at radius 1 is 1.35 bits per heavy atom. The number of rotatable bonds is 3. The standard InChI is InChI=1S/C16H20N2O4S/c1-11(19)18-6-4-13-8-14(2-3-15(13)18)16(20)17-9-12-5-7-23(21,22)10-12/h2-3,8,12H,4-7,9-10H2,1H3,(H,17,20)/t12-/m1/s1. The molecular formula is C16H20N2O4S. The fourth-order valence-electron chi connectivity index (χ4n) is 3.24. The molecule has 6 nitrogen and oxygen atoms in total. The summed E-state index contributed by atoms with van der Waals surface area (Å²) in [7, 11) is -2.92. The second kappa shape index (κ2) is 5.96. The molecule has 7 heteroatoms. The van der Waals surface area contributed by atoms with Crippen molar-refractivity contribution >= 4 is 27.3 Å². The zero-order chi connectivity index (χ0) is 16.6. The average molecular weight is 336 g/mol. The molecule has 0 unspecified atom stereocenters. The zero-order valence-electron chi connectivity index (χ0n) is 13.0. The molecule has 1 atom stereocenters. The fraction of sp³-hybridized carbons (Fsp3) is 0.500. The molecule has 1 aromatic rings. The van der Waals surface area contributed by atoms with Crippen LogP contribution in [0.3, 0.4) is 0 Å². The number of nitrogens with one attached hydrogen (secondary N) is 1. The molecule has 1 fully saturated rings. The summed E-state index contributed by atoms with van der Waals surface area (Å²) in [6.45, 7) is 2.57. The molecule has 124 valence electrons. The summed E-state index contributed by atoms with van der Waals surface area (Å²) in [6.07, 6.45) is 1.36. The third kappa shape index (κ3) is 3.39. The minimum atomic E-state index is -2.92. The molecular weight excluding hydrogens is 316 g/mol. The maximum atomic E-state index is 12.2. The van der Waals surface area contributed by atoms with Gasteiger partial charge in [-0.05, 0) is 42.5 Å². The quantitative estimate of drug-likeness (QED) is 0.883. The smallest absolute Gasteiger partial charge is 0.251 e. The van der Waals surface area contributed by atoms with E-state index in [9.17, 15) is 18.0 Å². The molecule has 0 spiro atoms. The molecule has 0 saturated carbocycles. The van der Waals surface area contributed by atoms with E-state index in [-0.39, 0.29) is 29.2 Å². The summed E-state index contributed by atoms with van der Waals surface area (Å²) in [5.41, 5.74) is 2.42. The number of carbonyl (C=O) groups is 2. The minimum Gasteiger partial charge on any atom is -0.352 e. The van der Waals surface area contributed by atoms with Crippen LogP contribution in [0.1, 0.15) is 29.3 Å². The Balaban J connectivity index is 1.64. The van der Waals surface area contributed by atoms with Gasteiger partial charge in [-0.2, -0.15) is 0 Å². The Hall–Kier alpha value is -1.89. The molecule has 0 aliphatic carbocycles. The number of nitrogens with zero attached hydrogens (tertiary/aromatic N) is 1. The lowest BCUT2D eigenvalue weighted by Crippen LogP contribution is -2.30. The molecule has 2 aliphatic rings. The van der Waals surface area contributed by atoms with Gasteiger partial charge in [0.05, 0.1) is 11.5 Å². The van der Waals surface area contributed by atoms with Gasteiger partial charge in [-0.3, -0.25) is 9.59 Å². The van der Waals surface area contributed by atoms with Crippen LogP contribution >= 0.6 is 0 Å². The number of sulfone groups is 1. The number of fused-ring (bicyclic) bond motifs is 1. The number of benzene rings is 1. The van der Waals surface area contributed by atoms with Gasteiger partial charge in [0.1, 0.15) is 0 Å². The highest BCUT2D eigenvalue weighted by Gasteiger charge is 2.28. The van der Waals surface area contributed by atoms with Gasteiger partial charge in [0, 0.05) is 31.3 Å². The monoisotopic (exact) mass is 336 g/mol. The van der Waals surface area contributed by atoms with Crippen LogP contribution < -0.4 is 10.2 Å². The normalized spacial score (nSPS) is 22.0. The maximum Gasteiger partial charge on any atom is 0.251 e. The van der Waals surface area contributed by atoms with Crippen molar-refractivity contribution in [2.75, 3.05) is 29.5 Å². The summed E-state index contributed by atoms with van der Waals surface area (Å²) in [4.78, 5) is 25.5. The summed E-state index contributed by atoms with van der Waals surface area (Å²) in [6, 6.07) is 5.33. The second-order valence-corrected chi connectivity index (χ2v) is 8.47. The van der Waals surface area contributed by atoms with Crippen LogP contribution in [0.2, 0.25) is 0 Å². The number of amides is 2. The lowest BCUT2D eigenvalue weighted by atomic mass is 10.1. The third-order valence-electron chi connectivity index (χ3n) is 4.50. The van der Waals surface area contributed by atoms with E-state index in [0.29, 0.717) is 25.1 Å². The molecule has 1 aromatic carbocycles. The molecule has 2 heterocycles. The van der Waals surface area contributed by atoms with E-state index in [2.05, 4.69) is 5.32 Å². The van der Waals surface area contributed by atoms with Crippen LogP contribution in [-0.2, 0) is 21.1 Å². The average Bonchev–Trinajstić information content (AvgIpc) is 3.07. The van der Waals surface area contributed by atoms with E-state index in [1.807, 2.05) is 6.07 Å². The number of hydrogen-bond donors (Lipinski definition) is 1. The molecule has 2 aliphatic heterocycles. The Bertz CT molecular complexity index is 757. The van der Waals surface area contributed by atoms with Crippen molar-refractivity contribution < 1.29 is 18.0 Å². The van der Waals surface area contributed by atoms with Crippen molar-refractivity contribution in [1.82, 2.24) is 5.32 Å². The Kier molecular flexibility index (Phi) is 4.14. The second-order valence-electron chi connectivity index (χ2n) is 6.24. The molecule has 1 saturated heterocycles. The maximum absolute atomic E-state index is 12.2. The molecule has 0 radical (unpaired) electrons. The molecule has 3 rings (SSSR count). The highest BCUT2D eigenvalue weighted by Crippen LogP contribution is 2.29. The number of anilines is 1. The van der Waals surface area contributed by atoms with Crippen molar-refractivity contribution in [3.63, 3.8) is 0 Å². The van der Waals surface area contributed by atoms with Crippen molar-refractivity contribution in [3.05, 3.63) is 29.3 Å². The number of carbonyl (C=O) groups excluding carboxylic acids is 2. The van der Waals surface area contributed by atoms with Crippen LogP contribution in [0.5, 0.6) is 0 Å². The van der Waals surface area contributed by atoms with Crippen LogP contribution in [-0.4, -0.2) is 44.8 Å². The van der Waals surface area contributed by atoms with Gasteiger partial charge in [-0.15, -0.1) is 0 Å².